The minimum Gasteiger partial charge on any atom is -0.303 e. The highest BCUT2D eigenvalue weighted by atomic mass is 35.5. The van der Waals surface area contributed by atoms with Crippen LogP contribution in [0.3, 0.4) is 0 Å². The summed E-state index contributed by atoms with van der Waals surface area (Å²) in [6, 6.07) is 15.8. The number of aryl methyl sites for hydroxylation is 1. The zero-order chi connectivity index (χ0) is 28.0. The van der Waals surface area contributed by atoms with E-state index in [2.05, 4.69) is 41.2 Å². The summed E-state index contributed by atoms with van der Waals surface area (Å²) >= 11 is 19.2. The lowest BCUT2D eigenvalue weighted by atomic mass is 9.86. The summed E-state index contributed by atoms with van der Waals surface area (Å²) < 4.78 is 3.53. The van der Waals surface area contributed by atoms with E-state index >= 15 is 0 Å². The van der Waals surface area contributed by atoms with Crippen molar-refractivity contribution in [3.8, 4) is 16.8 Å². The number of rotatable bonds is 4. The molecule has 9 heteroatoms. The fraction of sp³-hybridized carbons (Fsp3) is 0.250. The van der Waals surface area contributed by atoms with Gasteiger partial charge in [-0.2, -0.15) is 0 Å². The standard InChI is InChI=1S/C32H24Cl3N5O/c1-16-2-3-18-9-19(5-4-17(18)8-16)23-14-26(36-32(23)35)31-25-13-24(25)28-10-20(11-30(41)40(28)31)22-12-21(33)6-7-27(22)39-15-29(34)37-38-39/h4-7,9-12,15,24-25,31H,1-3,8,13-14H2. The van der Waals surface area contributed by atoms with Gasteiger partial charge >= 0.3 is 0 Å². The third-order valence-electron chi connectivity index (χ3n) is 8.92. The maximum absolute atomic E-state index is 13.8. The van der Waals surface area contributed by atoms with Crippen LogP contribution in [-0.4, -0.2) is 25.3 Å². The predicted octanol–water partition coefficient (Wildman–Crippen LogP) is 7.56. The molecule has 2 aliphatic heterocycles. The van der Waals surface area contributed by atoms with Crippen LogP contribution in [0, 0.1) is 5.92 Å². The van der Waals surface area contributed by atoms with Crippen molar-refractivity contribution >= 4 is 46.1 Å². The lowest BCUT2D eigenvalue weighted by Gasteiger charge is -2.21. The molecular weight excluding hydrogens is 577 g/mol. The largest absolute Gasteiger partial charge is 0.303 e. The van der Waals surface area contributed by atoms with Crippen molar-refractivity contribution in [2.24, 2.45) is 10.9 Å². The second kappa shape index (κ2) is 9.28. The molecular formula is C32H24Cl3N5O. The highest BCUT2D eigenvalue weighted by Crippen LogP contribution is 2.60. The van der Waals surface area contributed by atoms with E-state index in [1.54, 1.807) is 23.0 Å². The molecule has 3 atom stereocenters. The molecule has 4 heterocycles. The smallest absolute Gasteiger partial charge is 0.251 e. The Bertz CT molecular complexity index is 1930. The van der Waals surface area contributed by atoms with E-state index in [1.807, 2.05) is 16.7 Å². The van der Waals surface area contributed by atoms with E-state index in [1.165, 1.54) is 16.7 Å². The van der Waals surface area contributed by atoms with Crippen LogP contribution in [0.1, 0.15) is 53.6 Å². The number of aromatic nitrogens is 4. The lowest BCUT2D eigenvalue weighted by Crippen LogP contribution is -2.29. The predicted molar refractivity (Wildman–Crippen MR) is 163 cm³/mol. The van der Waals surface area contributed by atoms with Crippen molar-refractivity contribution in [2.45, 2.75) is 44.1 Å². The first-order chi connectivity index (χ1) is 19.8. The van der Waals surface area contributed by atoms with Crippen LogP contribution < -0.4 is 5.56 Å². The number of hydrogen-bond acceptors (Lipinski definition) is 4. The quantitative estimate of drug-likeness (QED) is 0.179. The highest BCUT2D eigenvalue weighted by Gasteiger charge is 2.55. The molecule has 3 unspecified atom stereocenters. The van der Waals surface area contributed by atoms with Crippen molar-refractivity contribution < 1.29 is 0 Å². The maximum Gasteiger partial charge on any atom is 0.251 e. The number of aliphatic imine (C=N–C) groups is 1. The molecule has 41 heavy (non-hydrogen) atoms. The van der Waals surface area contributed by atoms with Crippen LogP contribution >= 0.6 is 34.8 Å². The van der Waals surface area contributed by atoms with Crippen molar-refractivity contribution in [2.75, 3.05) is 0 Å². The summed E-state index contributed by atoms with van der Waals surface area (Å²) in [6.45, 7) is 4.17. The van der Waals surface area contributed by atoms with Gasteiger partial charge in [-0.3, -0.25) is 4.79 Å². The molecule has 2 aliphatic carbocycles. The molecule has 2 aromatic carbocycles. The fourth-order valence-corrected chi connectivity index (χ4v) is 7.48. The first kappa shape index (κ1) is 25.3. The number of benzene rings is 2. The van der Waals surface area contributed by atoms with Gasteiger partial charge in [-0.15, -0.1) is 5.10 Å². The average molecular weight is 601 g/mol. The van der Waals surface area contributed by atoms with Crippen molar-refractivity contribution in [1.82, 2.24) is 19.6 Å². The summed E-state index contributed by atoms with van der Waals surface area (Å²) in [6.07, 6.45) is 6.30. The third-order valence-corrected chi connectivity index (χ3v) is 9.64. The number of allylic oxidation sites excluding steroid dienone is 2. The normalized spacial score (nSPS) is 22.5. The van der Waals surface area contributed by atoms with E-state index in [0.717, 1.165) is 65.0 Å². The zero-order valence-electron chi connectivity index (χ0n) is 21.9. The summed E-state index contributed by atoms with van der Waals surface area (Å²) in [5, 5.41) is 9.41. The SMILES string of the molecule is C=C1CCc2cc(C3=C(Cl)N=C(C4C5CC5c5cc(-c6cc(Cl)ccc6-n6cc(Cl)nn6)cc(=O)n54)C3)ccc2C1. The summed E-state index contributed by atoms with van der Waals surface area (Å²) in [5.74, 6) is 0.668. The van der Waals surface area contributed by atoms with Gasteiger partial charge in [-0.05, 0) is 78.1 Å². The monoisotopic (exact) mass is 599 g/mol. The molecule has 1 fully saturated rings. The van der Waals surface area contributed by atoms with Crippen LogP contribution in [0.5, 0.6) is 0 Å². The number of halogens is 3. The number of nitrogens with zero attached hydrogens (tertiary/aromatic N) is 5. The van der Waals surface area contributed by atoms with E-state index in [9.17, 15) is 4.79 Å². The molecule has 0 spiro atoms. The van der Waals surface area contributed by atoms with Crippen LogP contribution in [0.25, 0.3) is 22.4 Å². The molecule has 4 aliphatic rings. The van der Waals surface area contributed by atoms with Crippen molar-refractivity contribution in [3.63, 3.8) is 0 Å². The van der Waals surface area contributed by atoms with Gasteiger partial charge in [0.2, 0.25) is 0 Å². The number of hydrogen-bond donors (Lipinski definition) is 0. The summed E-state index contributed by atoms with van der Waals surface area (Å²) in [7, 11) is 0. The highest BCUT2D eigenvalue weighted by molar-refractivity contribution is 6.35. The lowest BCUT2D eigenvalue weighted by molar-refractivity contribution is 0.584. The number of fused-ring (bicyclic) bond motifs is 4. The molecule has 6 nitrogen and oxygen atoms in total. The molecule has 0 saturated heterocycles. The topological polar surface area (TPSA) is 65.1 Å². The Balaban J connectivity index is 1.13. The van der Waals surface area contributed by atoms with Crippen molar-refractivity contribution in [1.29, 1.82) is 0 Å². The average Bonchev–Trinajstić information content (AvgIpc) is 3.27. The van der Waals surface area contributed by atoms with Gasteiger partial charge in [0, 0.05) is 46.0 Å². The second-order valence-electron chi connectivity index (χ2n) is 11.4. The van der Waals surface area contributed by atoms with E-state index in [-0.39, 0.29) is 16.8 Å². The molecule has 4 aromatic rings. The molecule has 2 aromatic heterocycles. The van der Waals surface area contributed by atoms with E-state index in [0.29, 0.717) is 28.4 Å². The van der Waals surface area contributed by atoms with Crippen LogP contribution in [0.2, 0.25) is 10.2 Å². The Hall–Kier alpha value is -3.45. The summed E-state index contributed by atoms with van der Waals surface area (Å²) in [4.78, 5) is 18.6. The first-order valence-corrected chi connectivity index (χ1v) is 14.9. The Labute approximate surface area is 251 Å². The second-order valence-corrected chi connectivity index (χ2v) is 12.6. The van der Waals surface area contributed by atoms with E-state index in [4.69, 9.17) is 39.8 Å². The van der Waals surface area contributed by atoms with E-state index < -0.39 is 0 Å². The molecule has 1 saturated carbocycles. The van der Waals surface area contributed by atoms with Crippen molar-refractivity contribution in [3.05, 3.63) is 115 Å². The molecule has 0 amide bonds. The van der Waals surface area contributed by atoms with Crippen LogP contribution in [0.4, 0.5) is 0 Å². The Morgan fingerprint density at radius 3 is 2.63 bits per heavy atom. The number of pyridine rings is 1. The van der Waals surface area contributed by atoms with Gasteiger partial charge in [0.25, 0.3) is 5.56 Å². The zero-order valence-corrected chi connectivity index (χ0v) is 24.2. The van der Waals surface area contributed by atoms with Gasteiger partial charge in [0.05, 0.1) is 17.9 Å². The molecule has 8 rings (SSSR count). The molecule has 204 valence electrons. The van der Waals surface area contributed by atoms with Gasteiger partial charge in [0.1, 0.15) is 5.16 Å². The summed E-state index contributed by atoms with van der Waals surface area (Å²) in [5.41, 5.74) is 10.4. The van der Waals surface area contributed by atoms with Gasteiger partial charge in [-0.1, -0.05) is 70.4 Å². The Morgan fingerprint density at radius 2 is 1.80 bits per heavy atom. The minimum absolute atomic E-state index is 0.0569. The Kier molecular flexibility index (Phi) is 5.72. The Morgan fingerprint density at radius 1 is 0.927 bits per heavy atom. The van der Waals surface area contributed by atoms with Crippen LogP contribution in [-0.2, 0) is 12.8 Å². The van der Waals surface area contributed by atoms with Gasteiger partial charge in [0.15, 0.2) is 5.15 Å². The molecule has 0 radical (unpaired) electrons. The minimum atomic E-state index is -0.0864. The molecule has 0 N–H and O–H groups in total. The van der Waals surface area contributed by atoms with Gasteiger partial charge in [-0.25, -0.2) is 9.67 Å². The first-order valence-electron chi connectivity index (χ1n) is 13.7. The third kappa shape index (κ3) is 4.15. The van der Waals surface area contributed by atoms with Crippen LogP contribution in [0.15, 0.2) is 81.8 Å². The van der Waals surface area contributed by atoms with Gasteiger partial charge < -0.3 is 4.57 Å². The fourth-order valence-electron chi connectivity index (χ4n) is 6.90. The maximum atomic E-state index is 13.8. The molecule has 0 bridgehead atoms.